The Hall–Kier alpha value is -3.99. The van der Waals surface area contributed by atoms with Gasteiger partial charge >= 0.3 is 0 Å². The molecule has 5 heteroatoms. The number of methoxy groups -OCH3 is 2. The number of pyridine rings is 1. The van der Waals surface area contributed by atoms with Gasteiger partial charge in [-0.3, -0.25) is 0 Å². The fraction of sp³-hybridized carbons (Fsp3) is 0.233. The van der Waals surface area contributed by atoms with Gasteiger partial charge in [0.2, 0.25) is 12.3 Å². The second kappa shape index (κ2) is 7.51. The highest BCUT2D eigenvalue weighted by molar-refractivity contribution is 6.18. The fourth-order valence-corrected chi connectivity index (χ4v) is 5.84. The minimum absolute atomic E-state index is 0.268. The summed E-state index contributed by atoms with van der Waals surface area (Å²) in [4.78, 5) is 0. The van der Waals surface area contributed by atoms with Gasteiger partial charge in [-0.25, -0.2) is 0 Å². The number of aryl methyl sites for hydroxylation is 3. The highest BCUT2D eigenvalue weighted by Gasteiger charge is 2.31. The highest BCUT2D eigenvalue weighted by Crippen LogP contribution is 2.48. The van der Waals surface area contributed by atoms with Crippen LogP contribution >= 0.6 is 0 Å². The van der Waals surface area contributed by atoms with Crippen molar-refractivity contribution < 1.29 is 23.5 Å². The van der Waals surface area contributed by atoms with Gasteiger partial charge in [0, 0.05) is 17.2 Å². The molecule has 3 heterocycles. The molecule has 0 amide bonds. The third kappa shape index (κ3) is 2.91. The first-order valence-corrected chi connectivity index (χ1v) is 12.0. The minimum atomic E-state index is 0.268. The van der Waals surface area contributed by atoms with Crippen LogP contribution in [-0.2, 0) is 19.4 Å². The number of hydrogen-bond acceptors (Lipinski definition) is 4. The first-order valence-electron chi connectivity index (χ1n) is 12.0. The number of hydrogen-bond donors (Lipinski definition) is 0. The predicted molar refractivity (Wildman–Crippen MR) is 136 cm³/mol. The molecule has 174 valence electrons. The van der Waals surface area contributed by atoms with E-state index in [9.17, 15) is 0 Å². The lowest BCUT2D eigenvalue weighted by Crippen LogP contribution is -2.38. The minimum Gasteiger partial charge on any atom is -0.493 e. The van der Waals surface area contributed by atoms with Crippen molar-refractivity contribution in [2.75, 3.05) is 21.0 Å². The highest BCUT2D eigenvalue weighted by atomic mass is 16.7. The van der Waals surface area contributed by atoms with Gasteiger partial charge in [0.1, 0.15) is 0 Å². The van der Waals surface area contributed by atoms with E-state index in [4.69, 9.17) is 18.9 Å². The van der Waals surface area contributed by atoms with E-state index in [2.05, 4.69) is 60.2 Å². The Morgan fingerprint density at radius 1 is 0.886 bits per heavy atom. The summed E-state index contributed by atoms with van der Waals surface area (Å²) < 4.78 is 25.7. The monoisotopic (exact) mass is 464 g/mol. The number of rotatable bonds is 4. The molecule has 2 aliphatic heterocycles. The molecule has 0 atom stereocenters. The standard InChI is InChI=1S/C30H26NO4/c1-17-4-6-18(7-5-17)12-20-13-22-21-8-9-24(32-2)29(33-3)23(21)15-31-11-10-19-14-25-30(35-16-34-25)27(20)26(19)28(22)31/h4-9,13-15H,10-12,16H2,1-3H3/q+1. The zero-order valence-corrected chi connectivity index (χ0v) is 20.1. The first-order chi connectivity index (χ1) is 17.2. The molecule has 7 rings (SSSR count). The van der Waals surface area contributed by atoms with Crippen LogP contribution < -0.4 is 23.5 Å². The summed E-state index contributed by atoms with van der Waals surface area (Å²) in [7, 11) is 3.39. The van der Waals surface area contributed by atoms with Crippen LogP contribution in [0.1, 0.15) is 22.3 Å². The Morgan fingerprint density at radius 3 is 2.54 bits per heavy atom. The van der Waals surface area contributed by atoms with Crippen LogP contribution in [0, 0.1) is 6.92 Å². The van der Waals surface area contributed by atoms with Crippen molar-refractivity contribution in [1.82, 2.24) is 0 Å². The molecule has 0 spiro atoms. The summed E-state index contributed by atoms with van der Waals surface area (Å²) >= 11 is 0. The second-order valence-electron chi connectivity index (χ2n) is 9.45. The van der Waals surface area contributed by atoms with Gasteiger partial charge in [-0.05, 0) is 54.3 Å². The molecular weight excluding hydrogens is 438 g/mol. The normalized spacial score (nSPS) is 13.8. The average Bonchev–Trinajstić information content (AvgIpc) is 3.35. The van der Waals surface area contributed by atoms with Crippen LogP contribution in [0.25, 0.3) is 32.4 Å². The first kappa shape index (κ1) is 20.4. The van der Waals surface area contributed by atoms with E-state index >= 15 is 0 Å². The maximum atomic E-state index is 6.06. The topological polar surface area (TPSA) is 40.8 Å². The van der Waals surface area contributed by atoms with E-state index < -0.39 is 0 Å². The van der Waals surface area contributed by atoms with Gasteiger partial charge < -0.3 is 18.9 Å². The maximum absolute atomic E-state index is 6.06. The van der Waals surface area contributed by atoms with E-state index in [-0.39, 0.29) is 6.79 Å². The molecule has 0 saturated carbocycles. The van der Waals surface area contributed by atoms with Crippen LogP contribution in [0.15, 0.2) is 54.7 Å². The zero-order valence-electron chi connectivity index (χ0n) is 20.1. The second-order valence-corrected chi connectivity index (χ2v) is 9.45. The summed E-state index contributed by atoms with van der Waals surface area (Å²) in [6, 6.07) is 17.5. The summed E-state index contributed by atoms with van der Waals surface area (Å²) in [5, 5.41) is 5.89. The van der Waals surface area contributed by atoms with Gasteiger partial charge in [0.25, 0.3) is 0 Å². The largest absolute Gasteiger partial charge is 0.493 e. The van der Waals surface area contributed by atoms with Crippen molar-refractivity contribution in [3.63, 3.8) is 0 Å². The zero-order chi connectivity index (χ0) is 23.7. The van der Waals surface area contributed by atoms with Gasteiger partial charge in [0.15, 0.2) is 35.7 Å². The Kier molecular flexibility index (Phi) is 4.37. The number of fused-ring (bicyclic) bond motifs is 4. The lowest BCUT2D eigenvalue weighted by molar-refractivity contribution is -0.670. The van der Waals surface area contributed by atoms with E-state index in [1.54, 1.807) is 14.2 Å². The summed E-state index contributed by atoms with van der Waals surface area (Å²) in [6.45, 7) is 3.29. The van der Waals surface area contributed by atoms with E-state index in [1.807, 2.05) is 6.07 Å². The number of ether oxygens (including phenoxy) is 4. The van der Waals surface area contributed by atoms with Gasteiger partial charge in [-0.1, -0.05) is 29.8 Å². The maximum Gasteiger partial charge on any atom is 0.231 e. The molecule has 5 aromatic rings. The Morgan fingerprint density at radius 2 is 1.74 bits per heavy atom. The number of benzene rings is 4. The van der Waals surface area contributed by atoms with Crippen molar-refractivity contribution in [2.24, 2.45) is 0 Å². The average molecular weight is 465 g/mol. The summed E-state index contributed by atoms with van der Waals surface area (Å²) in [6.07, 6.45) is 3.97. The molecule has 2 aliphatic rings. The van der Waals surface area contributed by atoms with Crippen LogP contribution in [0.2, 0.25) is 0 Å². The van der Waals surface area contributed by atoms with Crippen LogP contribution in [0.5, 0.6) is 23.0 Å². The smallest absolute Gasteiger partial charge is 0.231 e. The molecule has 4 aromatic carbocycles. The quantitative estimate of drug-likeness (QED) is 0.255. The molecule has 0 fully saturated rings. The SMILES string of the molecule is COc1ccc2c(c[n+]3c4c2cc(Cc2ccc(C)cc2)c2c5c(cc(c24)CC3)OCO5)c1OC. The van der Waals surface area contributed by atoms with E-state index in [1.165, 1.54) is 43.9 Å². The number of nitrogens with zero attached hydrogens (tertiary/aromatic N) is 1. The Balaban J connectivity index is 1.63. The molecule has 0 aliphatic carbocycles. The van der Waals surface area contributed by atoms with Crippen LogP contribution in [0.4, 0.5) is 0 Å². The molecule has 5 nitrogen and oxygen atoms in total. The third-order valence-electron chi connectivity index (χ3n) is 7.46. The van der Waals surface area contributed by atoms with Gasteiger partial charge in [-0.2, -0.15) is 4.57 Å². The third-order valence-corrected chi connectivity index (χ3v) is 7.46. The van der Waals surface area contributed by atoms with Crippen molar-refractivity contribution in [1.29, 1.82) is 0 Å². The fourth-order valence-electron chi connectivity index (χ4n) is 5.84. The van der Waals surface area contributed by atoms with Crippen LogP contribution in [0.3, 0.4) is 0 Å². The molecule has 0 unspecified atom stereocenters. The Bertz CT molecular complexity index is 1670. The van der Waals surface area contributed by atoms with Crippen molar-refractivity contribution in [3.05, 3.63) is 77.0 Å². The molecule has 0 radical (unpaired) electrons. The molecule has 0 N–H and O–H groups in total. The van der Waals surface area contributed by atoms with Gasteiger partial charge in [0.05, 0.1) is 30.4 Å². The molecular formula is C30H26NO4+. The van der Waals surface area contributed by atoms with E-state index in [0.717, 1.165) is 53.2 Å². The van der Waals surface area contributed by atoms with Crippen molar-refractivity contribution >= 4 is 32.4 Å². The van der Waals surface area contributed by atoms with Crippen LogP contribution in [-0.4, -0.2) is 21.0 Å². The van der Waals surface area contributed by atoms with Crippen molar-refractivity contribution in [2.45, 2.75) is 26.3 Å². The summed E-state index contributed by atoms with van der Waals surface area (Å²) in [5.41, 5.74) is 6.35. The molecule has 35 heavy (non-hydrogen) atoms. The molecule has 0 saturated heterocycles. The molecule has 0 bridgehead atoms. The Labute approximate surface area is 203 Å². The van der Waals surface area contributed by atoms with Crippen molar-refractivity contribution in [3.8, 4) is 23.0 Å². The molecule has 1 aromatic heterocycles. The lowest BCUT2D eigenvalue weighted by atomic mass is 9.88. The van der Waals surface area contributed by atoms with Gasteiger partial charge in [-0.15, -0.1) is 0 Å². The van der Waals surface area contributed by atoms with E-state index in [0.29, 0.717) is 0 Å². The number of aromatic nitrogens is 1. The lowest BCUT2D eigenvalue weighted by Gasteiger charge is -2.20. The predicted octanol–water partition coefficient (Wildman–Crippen LogP) is 5.63. The summed E-state index contributed by atoms with van der Waals surface area (Å²) in [5.74, 6) is 3.24.